The van der Waals surface area contributed by atoms with Crippen LogP contribution in [-0.2, 0) is 17.3 Å². The van der Waals surface area contributed by atoms with Gasteiger partial charge in [-0.25, -0.2) is 4.99 Å². The van der Waals surface area contributed by atoms with E-state index < -0.39 is 10.8 Å². The van der Waals surface area contributed by atoms with Crippen molar-refractivity contribution in [2.45, 2.75) is 57.4 Å². The van der Waals surface area contributed by atoms with Gasteiger partial charge in [-0.2, -0.15) is 5.26 Å². The molecular formula is C19H28N4OS. The van der Waals surface area contributed by atoms with Gasteiger partial charge in [0, 0.05) is 34.4 Å². The zero-order chi connectivity index (χ0) is 18.1. The van der Waals surface area contributed by atoms with Crippen molar-refractivity contribution in [2.24, 2.45) is 4.99 Å². The molecule has 1 aromatic rings. The maximum absolute atomic E-state index is 12.1. The highest BCUT2D eigenvalue weighted by molar-refractivity contribution is 7.85. The lowest BCUT2D eigenvalue weighted by Crippen LogP contribution is -2.46. The molecule has 6 heteroatoms. The van der Waals surface area contributed by atoms with Crippen LogP contribution in [-0.4, -0.2) is 33.8 Å². The van der Waals surface area contributed by atoms with Gasteiger partial charge >= 0.3 is 0 Å². The van der Waals surface area contributed by atoms with Gasteiger partial charge in [-0.15, -0.1) is 0 Å². The SMILES string of the molecule is CCNC(=NCc1ccc(C#N)cc1)NC1CCCC(S(=O)CC)C1. The maximum atomic E-state index is 12.1. The quantitative estimate of drug-likeness (QED) is 0.604. The molecule has 0 spiro atoms. The number of hydrogen-bond donors (Lipinski definition) is 2. The first-order chi connectivity index (χ1) is 12.2. The molecule has 0 saturated heterocycles. The molecule has 136 valence electrons. The highest BCUT2D eigenvalue weighted by Crippen LogP contribution is 2.23. The van der Waals surface area contributed by atoms with E-state index in [2.05, 4.69) is 28.6 Å². The second kappa shape index (κ2) is 10.2. The number of nitriles is 1. The van der Waals surface area contributed by atoms with Gasteiger partial charge in [-0.05, 0) is 43.9 Å². The number of nitrogens with one attached hydrogen (secondary N) is 2. The van der Waals surface area contributed by atoms with Gasteiger partial charge in [0.2, 0.25) is 0 Å². The zero-order valence-electron chi connectivity index (χ0n) is 15.1. The molecule has 2 rings (SSSR count). The average molecular weight is 361 g/mol. The van der Waals surface area contributed by atoms with E-state index in [0.29, 0.717) is 23.4 Å². The number of aliphatic imine (C=N–C) groups is 1. The summed E-state index contributed by atoms with van der Waals surface area (Å²) >= 11 is 0. The number of nitrogens with zero attached hydrogens (tertiary/aromatic N) is 2. The Morgan fingerprint density at radius 3 is 2.72 bits per heavy atom. The minimum atomic E-state index is -0.716. The lowest BCUT2D eigenvalue weighted by molar-refractivity contribution is 0.413. The van der Waals surface area contributed by atoms with Crippen molar-refractivity contribution >= 4 is 16.8 Å². The molecule has 3 atom stereocenters. The summed E-state index contributed by atoms with van der Waals surface area (Å²) in [6, 6.07) is 9.96. The summed E-state index contributed by atoms with van der Waals surface area (Å²) in [5, 5.41) is 16.0. The Hall–Kier alpha value is -1.87. The predicted octanol–water partition coefficient (Wildman–Crippen LogP) is 2.69. The van der Waals surface area contributed by atoms with Crippen molar-refractivity contribution in [3.63, 3.8) is 0 Å². The van der Waals surface area contributed by atoms with Crippen LogP contribution in [0.4, 0.5) is 0 Å². The third-order valence-electron chi connectivity index (χ3n) is 4.47. The molecule has 2 N–H and O–H groups in total. The van der Waals surface area contributed by atoms with Gasteiger partial charge in [0.15, 0.2) is 5.96 Å². The number of benzene rings is 1. The van der Waals surface area contributed by atoms with Crippen LogP contribution in [0, 0.1) is 11.3 Å². The Morgan fingerprint density at radius 2 is 2.08 bits per heavy atom. The van der Waals surface area contributed by atoms with Crippen LogP contribution in [0.15, 0.2) is 29.3 Å². The summed E-state index contributed by atoms with van der Waals surface area (Å²) in [5.41, 5.74) is 1.74. The predicted molar refractivity (Wildman–Crippen MR) is 104 cm³/mol. The maximum Gasteiger partial charge on any atom is 0.191 e. The molecule has 1 saturated carbocycles. The number of guanidine groups is 1. The number of rotatable bonds is 6. The van der Waals surface area contributed by atoms with Crippen molar-refractivity contribution in [1.29, 1.82) is 5.26 Å². The average Bonchev–Trinajstić information content (AvgIpc) is 2.66. The monoisotopic (exact) mass is 360 g/mol. The lowest BCUT2D eigenvalue weighted by atomic mass is 9.95. The van der Waals surface area contributed by atoms with E-state index in [0.717, 1.165) is 49.5 Å². The van der Waals surface area contributed by atoms with Crippen LogP contribution in [0.1, 0.15) is 50.7 Å². The molecule has 1 aliphatic carbocycles. The van der Waals surface area contributed by atoms with E-state index in [9.17, 15) is 4.21 Å². The minimum absolute atomic E-state index is 0.303. The van der Waals surface area contributed by atoms with Crippen molar-refractivity contribution in [1.82, 2.24) is 10.6 Å². The molecule has 0 heterocycles. The van der Waals surface area contributed by atoms with Gasteiger partial charge < -0.3 is 10.6 Å². The van der Waals surface area contributed by atoms with Crippen molar-refractivity contribution in [2.75, 3.05) is 12.3 Å². The Balaban J connectivity index is 1.96. The molecular weight excluding hydrogens is 332 g/mol. The van der Waals surface area contributed by atoms with Crippen molar-refractivity contribution < 1.29 is 4.21 Å². The Kier molecular flexibility index (Phi) is 7.93. The molecule has 1 aromatic carbocycles. The summed E-state index contributed by atoms with van der Waals surface area (Å²) in [5.74, 6) is 1.55. The first-order valence-corrected chi connectivity index (χ1v) is 10.5. The first kappa shape index (κ1) is 19.5. The smallest absolute Gasteiger partial charge is 0.191 e. The van der Waals surface area contributed by atoms with E-state index in [1.54, 1.807) is 0 Å². The second-order valence-electron chi connectivity index (χ2n) is 6.30. The van der Waals surface area contributed by atoms with Gasteiger partial charge in [0.25, 0.3) is 0 Å². The molecule has 3 unspecified atom stereocenters. The van der Waals surface area contributed by atoms with E-state index in [1.165, 1.54) is 0 Å². The third-order valence-corrected chi connectivity index (χ3v) is 6.21. The van der Waals surface area contributed by atoms with Crippen LogP contribution < -0.4 is 10.6 Å². The molecule has 0 amide bonds. The lowest BCUT2D eigenvalue weighted by Gasteiger charge is -2.30. The summed E-state index contributed by atoms with van der Waals surface area (Å²) in [4.78, 5) is 4.66. The molecule has 0 radical (unpaired) electrons. The highest BCUT2D eigenvalue weighted by atomic mass is 32.2. The van der Waals surface area contributed by atoms with Crippen molar-refractivity contribution in [3.8, 4) is 6.07 Å². The van der Waals surface area contributed by atoms with E-state index in [4.69, 9.17) is 5.26 Å². The Labute approximate surface area is 153 Å². The molecule has 0 aliphatic heterocycles. The summed E-state index contributed by atoms with van der Waals surface area (Å²) < 4.78 is 12.1. The fourth-order valence-electron chi connectivity index (χ4n) is 3.12. The molecule has 1 aliphatic rings. The molecule has 5 nitrogen and oxygen atoms in total. The van der Waals surface area contributed by atoms with E-state index in [-0.39, 0.29) is 0 Å². The highest BCUT2D eigenvalue weighted by Gasteiger charge is 2.25. The van der Waals surface area contributed by atoms with Crippen LogP contribution in [0.2, 0.25) is 0 Å². The van der Waals surface area contributed by atoms with Gasteiger partial charge in [-0.3, -0.25) is 4.21 Å². The molecule has 0 bridgehead atoms. The fraction of sp³-hybridized carbons (Fsp3) is 0.579. The van der Waals surface area contributed by atoms with Crippen LogP contribution in [0.25, 0.3) is 0 Å². The largest absolute Gasteiger partial charge is 0.357 e. The van der Waals surface area contributed by atoms with Crippen LogP contribution >= 0.6 is 0 Å². The third kappa shape index (κ3) is 6.17. The topological polar surface area (TPSA) is 77.3 Å². The second-order valence-corrected chi connectivity index (χ2v) is 8.31. The molecule has 0 aromatic heterocycles. The standard InChI is InChI=1S/C19H28N4OS/c1-3-21-19(22-14-16-10-8-15(13-20)9-11-16)23-17-6-5-7-18(12-17)25(24)4-2/h8-11,17-18H,3-7,12,14H2,1-2H3,(H2,21,22,23). The van der Waals surface area contributed by atoms with Gasteiger partial charge in [0.05, 0.1) is 18.2 Å². The first-order valence-electron chi connectivity index (χ1n) is 9.07. The van der Waals surface area contributed by atoms with Gasteiger partial charge in [0.1, 0.15) is 0 Å². The zero-order valence-corrected chi connectivity index (χ0v) is 15.9. The molecule has 1 fully saturated rings. The van der Waals surface area contributed by atoms with E-state index in [1.807, 2.05) is 31.2 Å². The van der Waals surface area contributed by atoms with Crippen LogP contribution in [0.3, 0.4) is 0 Å². The van der Waals surface area contributed by atoms with Gasteiger partial charge in [-0.1, -0.05) is 25.5 Å². The van der Waals surface area contributed by atoms with Crippen LogP contribution in [0.5, 0.6) is 0 Å². The fourth-order valence-corrected chi connectivity index (χ4v) is 4.47. The summed E-state index contributed by atoms with van der Waals surface area (Å²) in [6.45, 7) is 5.42. The summed E-state index contributed by atoms with van der Waals surface area (Å²) in [7, 11) is -0.716. The Bertz CT molecular complexity index is 636. The number of hydrogen-bond acceptors (Lipinski definition) is 3. The minimum Gasteiger partial charge on any atom is -0.357 e. The van der Waals surface area contributed by atoms with Crippen molar-refractivity contribution in [3.05, 3.63) is 35.4 Å². The normalized spacial score (nSPS) is 22.0. The van der Waals surface area contributed by atoms with E-state index >= 15 is 0 Å². The summed E-state index contributed by atoms with van der Waals surface area (Å²) in [6.07, 6.45) is 4.22. The molecule has 25 heavy (non-hydrogen) atoms. The Morgan fingerprint density at radius 1 is 1.32 bits per heavy atom.